The number of hydrogen-bond donors (Lipinski definition) is 1. The van der Waals surface area contributed by atoms with Gasteiger partial charge in [0.25, 0.3) is 10.0 Å². The molecule has 0 aromatic heterocycles. The first-order valence-corrected chi connectivity index (χ1v) is 14.4. The predicted octanol–water partition coefficient (Wildman–Crippen LogP) is 5.67. The molecule has 6 nitrogen and oxygen atoms in total. The average Bonchev–Trinajstić information content (AvgIpc) is 2.89. The van der Waals surface area contributed by atoms with E-state index in [1.54, 1.807) is 30.3 Å². The highest BCUT2D eigenvalue weighted by Gasteiger charge is 2.28. The normalized spacial score (nSPS) is 14.8. The number of anilines is 2. The number of benzene rings is 3. The molecule has 0 bridgehead atoms. The monoisotopic (exact) mass is 519 g/mol. The Morgan fingerprint density at radius 2 is 1.54 bits per heavy atom. The second kappa shape index (κ2) is 11.4. The van der Waals surface area contributed by atoms with E-state index in [2.05, 4.69) is 22.3 Å². The van der Waals surface area contributed by atoms with E-state index in [0.717, 1.165) is 35.3 Å². The molecule has 1 aliphatic heterocycles. The van der Waals surface area contributed by atoms with Crippen molar-refractivity contribution in [3.8, 4) is 0 Å². The molecule has 196 valence electrons. The van der Waals surface area contributed by atoms with Gasteiger partial charge in [0.1, 0.15) is 6.54 Å². The lowest BCUT2D eigenvalue weighted by atomic mass is 10.1. The highest BCUT2D eigenvalue weighted by molar-refractivity contribution is 7.92. The van der Waals surface area contributed by atoms with Crippen LogP contribution in [0.1, 0.15) is 54.5 Å². The summed E-state index contributed by atoms with van der Waals surface area (Å²) in [6.45, 7) is 9.59. The number of carbonyl (C=O) groups is 1. The molecule has 4 rings (SSSR count). The molecular weight excluding hydrogens is 482 g/mol. The molecule has 0 saturated carbocycles. The molecule has 1 atom stereocenters. The van der Waals surface area contributed by atoms with Crippen LogP contribution in [0.15, 0.2) is 71.6 Å². The summed E-state index contributed by atoms with van der Waals surface area (Å²) in [5, 5.41) is 3.00. The van der Waals surface area contributed by atoms with Crippen molar-refractivity contribution in [2.75, 3.05) is 28.8 Å². The highest BCUT2D eigenvalue weighted by Crippen LogP contribution is 2.27. The van der Waals surface area contributed by atoms with Gasteiger partial charge >= 0.3 is 0 Å². The Morgan fingerprint density at radius 3 is 2.16 bits per heavy atom. The van der Waals surface area contributed by atoms with E-state index in [4.69, 9.17) is 0 Å². The van der Waals surface area contributed by atoms with Gasteiger partial charge in [0.05, 0.1) is 16.6 Å². The molecule has 3 aromatic rings. The Labute approximate surface area is 221 Å². The summed E-state index contributed by atoms with van der Waals surface area (Å²) < 4.78 is 28.5. The van der Waals surface area contributed by atoms with E-state index in [0.29, 0.717) is 5.69 Å². The maximum Gasteiger partial charge on any atom is 0.264 e. The number of hydrogen-bond acceptors (Lipinski definition) is 4. The second-order valence-corrected chi connectivity index (χ2v) is 11.9. The van der Waals surface area contributed by atoms with E-state index < -0.39 is 10.0 Å². The first kappa shape index (κ1) is 26.7. The zero-order valence-electron chi connectivity index (χ0n) is 22.2. The maximum atomic E-state index is 13.7. The van der Waals surface area contributed by atoms with Crippen LogP contribution < -0.4 is 14.5 Å². The van der Waals surface area contributed by atoms with Crippen molar-refractivity contribution in [2.24, 2.45) is 0 Å². The van der Waals surface area contributed by atoms with Crippen molar-refractivity contribution < 1.29 is 13.2 Å². The van der Waals surface area contributed by atoms with Gasteiger partial charge in [0.15, 0.2) is 0 Å². The van der Waals surface area contributed by atoms with Gasteiger partial charge in [0, 0.05) is 18.8 Å². The molecule has 0 spiro atoms. The minimum atomic E-state index is -3.95. The summed E-state index contributed by atoms with van der Waals surface area (Å²) in [5.74, 6) is -0.360. The molecule has 3 aromatic carbocycles. The zero-order chi connectivity index (χ0) is 26.6. The fourth-order valence-corrected chi connectivity index (χ4v) is 6.07. The van der Waals surface area contributed by atoms with Crippen molar-refractivity contribution in [3.05, 3.63) is 89.0 Å². The molecule has 1 fully saturated rings. The smallest absolute Gasteiger partial charge is 0.264 e. The molecule has 0 radical (unpaired) electrons. The van der Waals surface area contributed by atoms with Crippen molar-refractivity contribution in [1.82, 2.24) is 5.32 Å². The van der Waals surface area contributed by atoms with Crippen LogP contribution in [0.25, 0.3) is 0 Å². The van der Waals surface area contributed by atoms with Crippen LogP contribution in [0.4, 0.5) is 11.4 Å². The van der Waals surface area contributed by atoms with Gasteiger partial charge in [-0.2, -0.15) is 0 Å². The standard InChI is InChI=1S/C30H37N3O3S/c1-22-8-16-29(17-9-22)37(35,36)33(28-13-10-23(2)24(3)20-28)21-30(34)31-25(4)26-11-14-27(15-12-26)32-18-6-5-7-19-32/h8-17,20,25H,5-7,18-19,21H2,1-4H3,(H,31,34). The Hall–Kier alpha value is -3.32. The molecule has 1 amide bonds. The van der Waals surface area contributed by atoms with Gasteiger partial charge in [0.2, 0.25) is 5.91 Å². The number of rotatable bonds is 8. The topological polar surface area (TPSA) is 69.7 Å². The zero-order valence-corrected chi connectivity index (χ0v) is 23.0. The maximum absolute atomic E-state index is 13.7. The summed E-state index contributed by atoms with van der Waals surface area (Å²) >= 11 is 0. The molecule has 0 aliphatic carbocycles. The first-order valence-electron chi connectivity index (χ1n) is 13.0. The molecule has 1 saturated heterocycles. The lowest BCUT2D eigenvalue weighted by molar-refractivity contribution is -0.120. The number of amides is 1. The van der Waals surface area contributed by atoms with E-state index in [1.165, 1.54) is 29.3 Å². The number of sulfonamides is 1. The molecule has 1 heterocycles. The van der Waals surface area contributed by atoms with E-state index in [1.807, 2.05) is 52.0 Å². The van der Waals surface area contributed by atoms with Crippen LogP contribution >= 0.6 is 0 Å². The molecule has 1 N–H and O–H groups in total. The van der Waals surface area contributed by atoms with Crippen LogP contribution in [-0.4, -0.2) is 34.0 Å². The Kier molecular flexibility index (Phi) is 8.22. The number of piperidine rings is 1. The van der Waals surface area contributed by atoms with Gasteiger partial charge in [-0.25, -0.2) is 8.42 Å². The average molecular weight is 520 g/mol. The van der Waals surface area contributed by atoms with Gasteiger partial charge < -0.3 is 10.2 Å². The lowest BCUT2D eigenvalue weighted by Gasteiger charge is -2.29. The summed E-state index contributed by atoms with van der Waals surface area (Å²) in [6, 6.07) is 20.2. The number of nitrogens with zero attached hydrogens (tertiary/aromatic N) is 2. The molecular formula is C30H37N3O3S. The lowest BCUT2D eigenvalue weighted by Crippen LogP contribution is -2.41. The fourth-order valence-electron chi connectivity index (χ4n) is 4.66. The SMILES string of the molecule is Cc1ccc(S(=O)(=O)N(CC(=O)NC(C)c2ccc(N3CCCCC3)cc2)c2ccc(C)c(C)c2)cc1. The van der Waals surface area contributed by atoms with Crippen molar-refractivity contribution >= 4 is 27.3 Å². The third-order valence-electron chi connectivity index (χ3n) is 7.17. The van der Waals surface area contributed by atoms with Crippen LogP contribution in [0, 0.1) is 20.8 Å². The molecule has 7 heteroatoms. The Morgan fingerprint density at radius 1 is 0.892 bits per heavy atom. The molecule has 1 unspecified atom stereocenters. The van der Waals surface area contributed by atoms with E-state index in [9.17, 15) is 13.2 Å². The van der Waals surface area contributed by atoms with Crippen molar-refractivity contribution in [3.63, 3.8) is 0 Å². The largest absolute Gasteiger partial charge is 0.372 e. The fraction of sp³-hybridized carbons (Fsp3) is 0.367. The quantitative estimate of drug-likeness (QED) is 0.416. The molecule has 1 aliphatic rings. The van der Waals surface area contributed by atoms with Crippen LogP contribution in [0.3, 0.4) is 0 Å². The Bertz CT molecular complexity index is 1330. The first-order chi connectivity index (χ1) is 17.6. The second-order valence-electron chi connectivity index (χ2n) is 10.0. The third kappa shape index (κ3) is 6.34. The summed E-state index contributed by atoms with van der Waals surface area (Å²) in [5.41, 5.74) is 5.64. The predicted molar refractivity (Wildman–Crippen MR) is 151 cm³/mol. The van der Waals surface area contributed by atoms with Crippen LogP contribution in [0.5, 0.6) is 0 Å². The number of carbonyl (C=O) groups excluding carboxylic acids is 1. The van der Waals surface area contributed by atoms with Crippen LogP contribution in [-0.2, 0) is 14.8 Å². The van der Waals surface area contributed by atoms with E-state index >= 15 is 0 Å². The van der Waals surface area contributed by atoms with Crippen molar-refractivity contribution in [2.45, 2.75) is 57.9 Å². The van der Waals surface area contributed by atoms with Gasteiger partial charge in [-0.15, -0.1) is 0 Å². The minimum absolute atomic E-state index is 0.158. The summed E-state index contributed by atoms with van der Waals surface area (Å²) in [6.07, 6.45) is 3.73. The minimum Gasteiger partial charge on any atom is -0.372 e. The van der Waals surface area contributed by atoms with Gasteiger partial charge in [-0.05, 0) is 100 Å². The highest BCUT2D eigenvalue weighted by atomic mass is 32.2. The summed E-state index contributed by atoms with van der Waals surface area (Å²) in [7, 11) is -3.95. The van der Waals surface area contributed by atoms with Gasteiger partial charge in [-0.1, -0.05) is 35.9 Å². The van der Waals surface area contributed by atoms with Crippen molar-refractivity contribution in [1.29, 1.82) is 0 Å². The van der Waals surface area contributed by atoms with Gasteiger partial charge in [-0.3, -0.25) is 9.10 Å². The van der Waals surface area contributed by atoms with Crippen LogP contribution in [0.2, 0.25) is 0 Å². The third-order valence-corrected chi connectivity index (χ3v) is 8.95. The number of aryl methyl sites for hydroxylation is 3. The Balaban J connectivity index is 1.53. The number of nitrogens with one attached hydrogen (secondary N) is 1. The van der Waals surface area contributed by atoms with E-state index in [-0.39, 0.29) is 23.4 Å². The molecule has 37 heavy (non-hydrogen) atoms. The summed E-state index contributed by atoms with van der Waals surface area (Å²) in [4.78, 5) is 15.7.